The fourth-order valence-electron chi connectivity index (χ4n) is 1.12. The second kappa shape index (κ2) is 6.73. The van der Waals surface area contributed by atoms with Crippen molar-refractivity contribution < 1.29 is 9.59 Å². The van der Waals surface area contributed by atoms with E-state index in [1.54, 1.807) is 19.1 Å². The predicted octanol–water partition coefficient (Wildman–Crippen LogP) is 0.704. The second-order valence-corrected chi connectivity index (χ2v) is 5.84. The Morgan fingerprint density at radius 1 is 1.53 bits per heavy atom. The summed E-state index contributed by atoms with van der Waals surface area (Å²) < 4.78 is 0.878. The van der Waals surface area contributed by atoms with Crippen molar-refractivity contribution in [2.24, 2.45) is 5.73 Å². The van der Waals surface area contributed by atoms with Gasteiger partial charge in [-0.3, -0.25) is 9.59 Å². The Morgan fingerprint density at radius 3 is 2.76 bits per heavy atom. The van der Waals surface area contributed by atoms with E-state index < -0.39 is 6.04 Å². The quantitative estimate of drug-likeness (QED) is 0.747. The summed E-state index contributed by atoms with van der Waals surface area (Å²) in [4.78, 5) is 23.8. The summed E-state index contributed by atoms with van der Waals surface area (Å²) in [5.74, 6) is -0.490. The fraction of sp³-hybridized carbons (Fsp3) is 0.400. The van der Waals surface area contributed by atoms with E-state index in [1.807, 2.05) is 0 Å². The first-order valence-corrected chi connectivity index (χ1v) is 6.69. The van der Waals surface area contributed by atoms with E-state index in [4.69, 9.17) is 5.73 Å². The van der Waals surface area contributed by atoms with Crippen LogP contribution in [0.2, 0.25) is 0 Å². The third-order valence-electron chi connectivity index (χ3n) is 1.98. The maximum Gasteiger partial charge on any atom is 0.262 e. The highest BCUT2D eigenvalue weighted by Crippen LogP contribution is 2.21. The summed E-state index contributed by atoms with van der Waals surface area (Å²) in [6.45, 7) is 2.42. The molecule has 0 spiro atoms. The minimum Gasteiger partial charge on any atom is -0.353 e. The van der Waals surface area contributed by atoms with E-state index in [0.717, 1.165) is 3.79 Å². The number of rotatable bonds is 5. The largest absolute Gasteiger partial charge is 0.353 e. The highest BCUT2D eigenvalue weighted by molar-refractivity contribution is 9.11. The topological polar surface area (TPSA) is 84.2 Å². The molecule has 94 valence electrons. The number of hydrogen-bond donors (Lipinski definition) is 3. The lowest BCUT2D eigenvalue weighted by Gasteiger charge is -2.12. The van der Waals surface area contributed by atoms with Gasteiger partial charge in [0.2, 0.25) is 5.91 Å². The number of carbonyl (C=O) groups excluding carboxylic acids is 2. The van der Waals surface area contributed by atoms with Crippen molar-refractivity contribution in [3.63, 3.8) is 0 Å². The van der Waals surface area contributed by atoms with Crippen molar-refractivity contribution >= 4 is 39.1 Å². The number of halogens is 1. The minimum absolute atomic E-state index is 0.237. The lowest BCUT2D eigenvalue weighted by Crippen LogP contribution is -2.45. The van der Waals surface area contributed by atoms with Gasteiger partial charge in [0.25, 0.3) is 5.91 Å². The first-order valence-electron chi connectivity index (χ1n) is 5.08. The smallest absolute Gasteiger partial charge is 0.262 e. The van der Waals surface area contributed by atoms with Crippen LogP contribution >= 0.6 is 27.3 Å². The molecule has 0 saturated carbocycles. The SMILES string of the molecule is CC(NC(=O)c1ccc(Br)s1)C(=O)NCCN. The minimum atomic E-state index is -0.574. The number of thiophene rings is 1. The molecule has 0 aliphatic carbocycles. The lowest BCUT2D eigenvalue weighted by atomic mass is 10.3. The lowest BCUT2D eigenvalue weighted by molar-refractivity contribution is -0.122. The molecule has 4 N–H and O–H groups in total. The zero-order chi connectivity index (χ0) is 12.8. The van der Waals surface area contributed by atoms with Crippen molar-refractivity contribution in [2.45, 2.75) is 13.0 Å². The molecule has 0 aromatic carbocycles. The van der Waals surface area contributed by atoms with Gasteiger partial charge in [-0.25, -0.2) is 0 Å². The van der Waals surface area contributed by atoms with E-state index >= 15 is 0 Å². The number of amides is 2. The molecule has 1 unspecified atom stereocenters. The molecular formula is C10H14BrN3O2S. The van der Waals surface area contributed by atoms with Gasteiger partial charge in [-0.15, -0.1) is 11.3 Å². The summed E-state index contributed by atoms with van der Waals surface area (Å²) in [6, 6.07) is 2.92. The van der Waals surface area contributed by atoms with Crippen molar-refractivity contribution in [3.8, 4) is 0 Å². The van der Waals surface area contributed by atoms with Gasteiger partial charge in [0, 0.05) is 13.1 Å². The standard InChI is InChI=1S/C10H14BrN3O2S/c1-6(9(15)13-5-4-12)14-10(16)7-2-3-8(11)17-7/h2-3,6H,4-5,12H2,1H3,(H,13,15)(H,14,16). The van der Waals surface area contributed by atoms with E-state index in [0.29, 0.717) is 18.0 Å². The Hall–Kier alpha value is -0.920. The highest BCUT2D eigenvalue weighted by Gasteiger charge is 2.16. The molecule has 7 heteroatoms. The molecule has 1 aromatic rings. The van der Waals surface area contributed by atoms with Gasteiger partial charge in [0.15, 0.2) is 0 Å². The average Bonchev–Trinajstić information content (AvgIpc) is 2.72. The van der Waals surface area contributed by atoms with Gasteiger partial charge in [0.05, 0.1) is 8.66 Å². The summed E-state index contributed by atoms with van der Waals surface area (Å²) in [7, 11) is 0. The van der Waals surface area contributed by atoms with Crippen LogP contribution in [-0.2, 0) is 4.79 Å². The first-order chi connectivity index (χ1) is 8.04. The Morgan fingerprint density at radius 2 is 2.24 bits per heavy atom. The van der Waals surface area contributed by atoms with Gasteiger partial charge in [0.1, 0.15) is 6.04 Å². The number of nitrogens with two attached hydrogens (primary N) is 1. The van der Waals surface area contributed by atoms with Crippen molar-refractivity contribution in [2.75, 3.05) is 13.1 Å². The van der Waals surface area contributed by atoms with Crippen LogP contribution in [0.15, 0.2) is 15.9 Å². The molecule has 17 heavy (non-hydrogen) atoms. The first kappa shape index (κ1) is 14.1. The van der Waals surface area contributed by atoms with Gasteiger partial charge < -0.3 is 16.4 Å². The fourth-order valence-corrected chi connectivity index (χ4v) is 2.41. The normalized spacial score (nSPS) is 11.9. The highest BCUT2D eigenvalue weighted by atomic mass is 79.9. The zero-order valence-electron chi connectivity index (χ0n) is 9.33. The zero-order valence-corrected chi connectivity index (χ0v) is 11.7. The van der Waals surface area contributed by atoms with Crippen molar-refractivity contribution in [3.05, 3.63) is 20.8 Å². The average molecular weight is 320 g/mol. The third-order valence-corrected chi connectivity index (χ3v) is 3.60. The van der Waals surface area contributed by atoms with Crippen LogP contribution in [0.25, 0.3) is 0 Å². The van der Waals surface area contributed by atoms with E-state index in [9.17, 15) is 9.59 Å². The Kier molecular flexibility index (Phi) is 5.60. The van der Waals surface area contributed by atoms with Crippen LogP contribution in [0.1, 0.15) is 16.6 Å². The molecule has 0 bridgehead atoms. The van der Waals surface area contributed by atoms with E-state index in [2.05, 4.69) is 26.6 Å². The molecule has 0 aliphatic heterocycles. The molecule has 1 heterocycles. The maximum absolute atomic E-state index is 11.7. The van der Waals surface area contributed by atoms with Crippen molar-refractivity contribution in [1.82, 2.24) is 10.6 Å². The van der Waals surface area contributed by atoms with Gasteiger partial charge in [-0.2, -0.15) is 0 Å². The molecule has 1 atom stereocenters. The van der Waals surface area contributed by atoms with Gasteiger partial charge in [-0.1, -0.05) is 0 Å². The maximum atomic E-state index is 11.7. The molecular weight excluding hydrogens is 306 g/mol. The molecule has 0 fully saturated rings. The van der Waals surface area contributed by atoms with Crippen LogP contribution in [0.4, 0.5) is 0 Å². The molecule has 2 amide bonds. The molecule has 1 rings (SSSR count). The van der Waals surface area contributed by atoms with Crippen molar-refractivity contribution in [1.29, 1.82) is 0 Å². The summed E-state index contributed by atoms with van der Waals surface area (Å²) in [5.41, 5.74) is 5.27. The third kappa shape index (κ3) is 4.45. The van der Waals surface area contributed by atoms with E-state index in [-0.39, 0.29) is 11.8 Å². The molecule has 0 aliphatic rings. The number of nitrogens with one attached hydrogen (secondary N) is 2. The molecule has 5 nitrogen and oxygen atoms in total. The molecule has 1 aromatic heterocycles. The van der Waals surface area contributed by atoms with Crippen LogP contribution < -0.4 is 16.4 Å². The Balaban J connectivity index is 2.48. The predicted molar refractivity (Wildman–Crippen MR) is 71.0 cm³/mol. The number of carbonyl (C=O) groups is 2. The Bertz CT molecular complexity index is 408. The summed E-state index contributed by atoms with van der Waals surface area (Å²) >= 11 is 4.60. The van der Waals surface area contributed by atoms with Crippen LogP contribution in [0.3, 0.4) is 0 Å². The van der Waals surface area contributed by atoms with Gasteiger partial charge >= 0.3 is 0 Å². The molecule has 0 saturated heterocycles. The van der Waals surface area contributed by atoms with Gasteiger partial charge in [-0.05, 0) is 35.0 Å². The van der Waals surface area contributed by atoms with Crippen LogP contribution in [-0.4, -0.2) is 30.9 Å². The molecule has 0 radical (unpaired) electrons. The van der Waals surface area contributed by atoms with Crippen LogP contribution in [0.5, 0.6) is 0 Å². The summed E-state index contributed by atoms with van der Waals surface area (Å²) in [6.07, 6.45) is 0. The summed E-state index contributed by atoms with van der Waals surface area (Å²) in [5, 5.41) is 5.23. The Labute approximate surface area is 112 Å². The van der Waals surface area contributed by atoms with E-state index in [1.165, 1.54) is 11.3 Å². The van der Waals surface area contributed by atoms with Crippen LogP contribution in [0, 0.1) is 0 Å². The number of hydrogen-bond acceptors (Lipinski definition) is 4. The monoisotopic (exact) mass is 319 g/mol. The second-order valence-electron chi connectivity index (χ2n) is 3.38.